The van der Waals surface area contributed by atoms with Crippen molar-refractivity contribution in [2.24, 2.45) is 5.73 Å². The lowest BCUT2D eigenvalue weighted by molar-refractivity contribution is 0.100. The highest BCUT2D eigenvalue weighted by Crippen LogP contribution is 2.39. The number of carbonyl (C=O) groups is 2. The molecule has 3 N–H and O–H groups in total. The lowest BCUT2D eigenvalue weighted by atomic mass is 10.1. The first kappa shape index (κ1) is 20.8. The summed E-state index contributed by atoms with van der Waals surface area (Å²) in [6, 6.07) is 13.3. The number of primary amides is 1. The molecule has 2 amide bonds. The summed E-state index contributed by atoms with van der Waals surface area (Å²) in [5, 5.41) is 4.50. The zero-order valence-electron chi connectivity index (χ0n) is 16.9. The summed E-state index contributed by atoms with van der Waals surface area (Å²) in [6.45, 7) is 2.04. The van der Waals surface area contributed by atoms with Gasteiger partial charge in [0.15, 0.2) is 11.5 Å². The maximum atomic E-state index is 13.0. The quantitative estimate of drug-likeness (QED) is 0.386. The molecule has 0 saturated carbocycles. The van der Waals surface area contributed by atoms with Crippen LogP contribution in [0.25, 0.3) is 10.1 Å². The van der Waals surface area contributed by atoms with Gasteiger partial charge in [-0.25, -0.2) is 0 Å². The molecule has 1 aliphatic rings. The molecule has 2 aromatic carbocycles. The zero-order valence-corrected chi connectivity index (χ0v) is 19.2. The Balaban J connectivity index is 1.46. The van der Waals surface area contributed by atoms with Gasteiger partial charge in [-0.05, 0) is 36.2 Å². The minimum atomic E-state index is -0.589. The van der Waals surface area contributed by atoms with E-state index in [1.165, 1.54) is 22.7 Å². The second-order valence-corrected chi connectivity index (χ2v) is 9.81. The van der Waals surface area contributed by atoms with Crippen LogP contribution < -0.4 is 20.5 Å². The molecule has 0 saturated heterocycles. The molecule has 0 atom stereocenters. The topological polar surface area (TPSA) is 90.7 Å². The Morgan fingerprint density at radius 2 is 1.91 bits per heavy atom. The molecular weight excluding hydrogens is 468 g/mol. The van der Waals surface area contributed by atoms with E-state index in [1.807, 2.05) is 49.4 Å². The number of carbonyl (C=O) groups excluding carboxylic acids is 2. The standard InChI is InChI=1S/C23H17ClN2O4S2/c1-11-17(9-12-6-7-14-15(8-12)30-10-29-14)32-23(18(11)21(25)27)26-22(28)20-19(24)13-4-2-3-5-16(13)31-20/h2-8H,9-10H2,1H3,(H2,25,27)(H,26,28). The van der Waals surface area contributed by atoms with Crippen molar-refractivity contribution in [2.75, 3.05) is 12.1 Å². The minimum absolute atomic E-state index is 0.207. The molecule has 0 aliphatic carbocycles. The number of nitrogens with one attached hydrogen (secondary N) is 1. The summed E-state index contributed by atoms with van der Waals surface area (Å²) >= 11 is 9.09. The van der Waals surface area contributed by atoms with Gasteiger partial charge in [0, 0.05) is 21.4 Å². The number of benzene rings is 2. The number of fused-ring (bicyclic) bond motifs is 2. The van der Waals surface area contributed by atoms with E-state index in [1.54, 1.807) is 0 Å². The van der Waals surface area contributed by atoms with E-state index in [0.29, 0.717) is 38.4 Å². The minimum Gasteiger partial charge on any atom is -0.454 e. The van der Waals surface area contributed by atoms with Crippen LogP contribution in [-0.4, -0.2) is 18.6 Å². The number of halogens is 1. The summed E-state index contributed by atoms with van der Waals surface area (Å²) in [5.74, 6) is 0.449. The Morgan fingerprint density at radius 3 is 2.69 bits per heavy atom. The summed E-state index contributed by atoms with van der Waals surface area (Å²) in [6.07, 6.45) is 0.562. The van der Waals surface area contributed by atoms with Crippen LogP contribution in [0.3, 0.4) is 0 Å². The summed E-state index contributed by atoms with van der Waals surface area (Å²) in [7, 11) is 0. The van der Waals surface area contributed by atoms with Gasteiger partial charge in [-0.15, -0.1) is 22.7 Å². The molecule has 1 aliphatic heterocycles. The lowest BCUT2D eigenvalue weighted by Gasteiger charge is -2.04. The highest BCUT2D eigenvalue weighted by atomic mass is 35.5. The van der Waals surface area contributed by atoms with Crippen LogP contribution in [0.2, 0.25) is 5.02 Å². The van der Waals surface area contributed by atoms with Crippen molar-refractivity contribution in [3.8, 4) is 11.5 Å². The van der Waals surface area contributed by atoms with Gasteiger partial charge >= 0.3 is 0 Å². The predicted molar refractivity (Wildman–Crippen MR) is 128 cm³/mol. The monoisotopic (exact) mass is 484 g/mol. The number of hydrogen-bond acceptors (Lipinski definition) is 6. The molecule has 32 heavy (non-hydrogen) atoms. The number of amides is 2. The lowest BCUT2D eigenvalue weighted by Crippen LogP contribution is -2.17. The largest absolute Gasteiger partial charge is 0.454 e. The van der Waals surface area contributed by atoms with Crippen LogP contribution >= 0.6 is 34.3 Å². The Morgan fingerprint density at radius 1 is 1.12 bits per heavy atom. The predicted octanol–water partition coefficient (Wildman–Crippen LogP) is 5.60. The van der Waals surface area contributed by atoms with Crippen LogP contribution in [0.4, 0.5) is 5.00 Å². The van der Waals surface area contributed by atoms with Gasteiger partial charge in [0.05, 0.1) is 10.6 Å². The van der Waals surface area contributed by atoms with Crippen molar-refractivity contribution < 1.29 is 19.1 Å². The third kappa shape index (κ3) is 3.60. The van der Waals surface area contributed by atoms with E-state index in [4.69, 9.17) is 26.8 Å². The zero-order chi connectivity index (χ0) is 22.4. The normalized spacial score (nSPS) is 12.3. The van der Waals surface area contributed by atoms with Gasteiger partial charge in [-0.2, -0.15) is 0 Å². The molecule has 5 rings (SSSR count). The van der Waals surface area contributed by atoms with E-state index < -0.39 is 5.91 Å². The Bertz CT molecular complexity index is 1390. The van der Waals surface area contributed by atoms with E-state index in [-0.39, 0.29) is 12.7 Å². The van der Waals surface area contributed by atoms with E-state index in [2.05, 4.69) is 5.32 Å². The second-order valence-electron chi connectivity index (χ2n) is 7.28. The van der Waals surface area contributed by atoms with E-state index in [9.17, 15) is 9.59 Å². The first-order chi connectivity index (χ1) is 15.4. The van der Waals surface area contributed by atoms with Crippen molar-refractivity contribution in [3.63, 3.8) is 0 Å². The molecule has 4 aromatic rings. The molecule has 0 unspecified atom stereocenters. The molecule has 0 bridgehead atoms. The van der Waals surface area contributed by atoms with Crippen molar-refractivity contribution in [3.05, 3.63) is 73.9 Å². The van der Waals surface area contributed by atoms with Gasteiger partial charge < -0.3 is 20.5 Å². The fraction of sp³-hybridized carbons (Fsp3) is 0.130. The Hall–Kier alpha value is -3.07. The van der Waals surface area contributed by atoms with Crippen LogP contribution in [-0.2, 0) is 6.42 Å². The second kappa shape index (κ2) is 8.12. The fourth-order valence-electron chi connectivity index (χ4n) is 3.67. The molecule has 0 radical (unpaired) electrons. The molecule has 9 heteroatoms. The van der Waals surface area contributed by atoms with Gasteiger partial charge in [-0.1, -0.05) is 35.9 Å². The van der Waals surface area contributed by atoms with Crippen molar-refractivity contribution in [1.82, 2.24) is 0 Å². The highest BCUT2D eigenvalue weighted by Gasteiger charge is 2.24. The van der Waals surface area contributed by atoms with Gasteiger partial charge in [-0.3, -0.25) is 9.59 Å². The average molecular weight is 485 g/mol. The number of anilines is 1. The molecule has 162 valence electrons. The van der Waals surface area contributed by atoms with Crippen molar-refractivity contribution in [1.29, 1.82) is 0 Å². The fourth-order valence-corrected chi connectivity index (χ4v) is 6.32. The van der Waals surface area contributed by atoms with Crippen LogP contribution in [0.5, 0.6) is 11.5 Å². The van der Waals surface area contributed by atoms with Crippen molar-refractivity contribution in [2.45, 2.75) is 13.3 Å². The molecule has 0 fully saturated rings. The number of rotatable bonds is 5. The average Bonchev–Trinajstić information content (AvgIpc) is 3.44. The summed E-state index contributed by atoms with van der Waals surface area (Å²) < 4.78 is 11.7. The van der Waals surface area contributed by atoms with Gasteiger partial charge in [0.2, 0.25) is 6.79 Å². The molecular formula is C23H17ClN2O4S2. The SMILES string of the molecule is Cc1c(Cc2ccc3c(c2)OCO3)sc(NC(=O)c2sc3ccccc3c2Cl)c1C(N)=O. The maximum Gasteiger partial charge on any atom is 0.267 e. The first-order valence-corrected chi connectivity index (χ1v) is 11.7. The van der Waals surface area contributed by atoms with E-state index in [0.717, 1.165) is 26.1 Å². The Kier molecular flexibility index (Phi) is 5.28. The molecule has 3 heterocycles. The number of ether oxygens (including phenoxy) is 2. The number of thiophene rings is 2. The van der Waals surface area contributed by atoms with Crippen LogP contribution in [0, 0.1) is 6.92 Å². The Labute approximate surface area is 196 Å². The van der Waals surface area contributed by atoms with Crippen LogP contribution in [0.1, 0.15) is 36.0 Å². The third-order valence-corrected chi connectivity index (χ3v) is 8.14. The number of hydrogen-bond donors (Lipinski definition) is 2. The maximum absolute atomic E-state index is 13.0. The van der Waals surface area contributed by atoms with Crippen LogP contribution in [0.15, 0.2) is 42.5 Å². The van der Waals surface area contributed by atoms with Gasteiger partial charge in [0.25, 0.3) is 11.8 Å². The molecule has 0 spiro atoms. The van der Waals surface area contributed by atoms with E-state index >= 15 is 0 Å². The third-order valence-electron chi connectivity index (χ3n) is 5.26. The summed E-state index contributed by atoms with van der Waals surface area (Å²) in [4.78, 5) is 26.6. The summed E-state index contributed by atoms with van der Waals surface area (Å²) in [5.41, 5.74) is 7.72. The first-order valence-electron chi connectivity index (χ1n) is 9.71. The van der Waals surface area contributed by atoms with Gasteiger partial charge in [0.1, 0.15) is 9.88 Å². The highest BCUT2D eigenvalue weighted by molar-refractivity contribution is 7.22. The van der Waals surface area contributed by atoms with Crippen molar-refractivity contribution >= 4 is 61.2 Å². The molecule has 6 nitrogen and oxygen atoms in total. The molecule has 2 aromatic heterocycles. The smallest absolute Gasteiger partial charge is 0.267 e. The number of nitrogens with two attached hydrogens (primary N) is 1.